The summed E-state index contributed by atoms with van der Waals surface area (Å²) in [6.45, 7) is 4.81. The van der Waals surface area contributed by atoms with E-state index in [9.17, 15) is 14.7 Å². The van der Waals surface area contributed by atoms with Crippen molar-refractivity contribution in [1.29, 1.82) is 0 Å². The van der Waals surface area contributed by atoms with Crippen LogP contribution in [0, 0.1) is 11.8 Å². The Balaban J connectivity index is 1.98. The SMILES string of the molecule is COc1ccc(SC(C)C(=O)N2CC(C)CC(C(=O)O)C2)cc1. The van der Waals surface area contributed by atoms with Gasteiger partial charge in [-0.25, -0.2) is 0 Å². The minimum atomic E-state index is -0.815. The Morgan fingerprint density at radius 1 is 1.30 bits per heavy atom. The van der Waals surface area contributed by atoms with Gasteiger partial charge in [0.25, 0.3) is 0 Å². The highest BCUT2D eigenvalue weighted by molar-refractivity contribution is 8.00. The maximum atomic E-state index is 12.6. The number of carbonyl (C=O) groups excluding carboxylic acids is 1. The second-order valence-electron chi connectivity index (χ2n) is 6.05. The minimum Gasteiger partial charge on any atom is -0.497 e. The summed E-state index contributed by atoms with van der Waals surface area (Å²) in [4.78, 5) is 26.6. The Hall–Kier alpha value is -1.69. The van der Waals surface area contributed by atoms with Gasteiger partial charge in [-0.3, -0.25) is 9.59 Å². The molecule has 0 spiro atoms. The molecule has 5 nitrogen and oxygen atoms in total. The van der Waals surface area contributed by atoms with Crippen molar-refractivity contribution >= 4 is 23.6 Å². The number of piperidine rings is 1. The molecule has 1 saturated heterocycles. The summed E-state index contributed by atoms with van der Waals surface area (Å²) in [5, 5.41) is 8.98. The van der Waals surface area contributed by atoms with Crippen molar-refractivity contribution in [2.24, 2.45) is 11.8 Å². The van der Waals surface area contributed by atoms with Crippen LogP contribution in [-0.2, 0) is 9.59 Å². The van der Waals surface area contributed by atoms with Crippen LogP contribution in [0.15, 0.2) is 29.2 Å². The lowest BCUT2D eigenvalue weighted by Crippen LogP contribution is -2.48. The van der Waals surface area contributed by atoms with Crippen LogP contribution in [0.3, 0.4) is 0 Å². The number of ether oxygens (including phenoxy) is 1. The van der Waals surface area contributed by atoms with Gasteiger partial charge in [-0.15, -0.1) is 11.8 Å². The number of carbonyl (C=O) groups is 2. The van der Waals surface area contributed by atoms with Gasteiger partial charge in [-0.1, -0.05) is 6.92 Å². The molecular weight excluding hydrogens is 314 g/mol. The van der Waals surface area contributed by atoms with E-state index in [2.05, 4.69) is 0 Å². The molecule has 1 N–H and O–H groups in total. The van der Waals surface area contributed by atoms with Crippen molar-refractivity contribution in [1.82, 2.24) is 4.90 Å². The molecule has 1 aliphatic rings. The van der Waals surface area contributed by atoms with Crippen molar-refractivity contribution in [3.8, 4) is 5.75 Å². The van der Waals surface area contributed by atoms with Gasteiger partial charge in [0.1, 0.15) is 5.75 Å². The average molecular weight is 337 g/mol. The van der Waals surface area contributed by atoms with Crippen LogP contribution < -0.4 is 4.74 Å². The largest absolute Gasteiger partial charge is 0.497 e. The van der Waals surface area contributed by atoms with Gasteiger partial charge in [-0.05, 0) is 43.5 Å². The van der Waals surface area contributed by atoms with Crippen molar-refractivity contribution in [3.63, 3.8) is 0 Å². The molecule has 0 aliphatic carbocycles. The van der Waals surface area contributed by atoms with Crippen molar-refractivity contribution in [2.75, 3.05) is 20.2 Å². The third-order valence-electron chi connectivity index (χ3n) is 4.04. The van der Waals surface area contributed by atoms with Crippen LogP contribution in [0.1, 0.15) is 20.3 Å². The molecule has 1 heterocycles. The number of methoxy groups -OCH3 is 1. The van der Waals surface area contributed by atoms with E-state index in [4.69, 9.17) is 4.74 Å². The van der Waals surface area contributed by atoms with Crippen molar-refractivity contribution < 1.29 is 19.4 Å². The van der Waals surface area contributed by atoms with Crippen LogP contribution in [0.4, 0.5) is 0 Å². The Kier molecular flexibility index (Phi) is 5.93. The molecule has 0 aromatic heterocycles. The third-order valence-corrected chi connectivity index (χ3v) is 5.14. The molecule has 1 fully saturated rings. The maximum absolute atomic E-state index is 12.6. The molecule has 3 unspecified atom stereocenters. The van der Waals surface area contributed by atoms with Crippen LogP contribution >= 0.6 is 11.8 Å². The number of hydrogen-bond acceptors (Lipinski definition) is 4. The van der Waals surface area contributed by atoms with Gasteiger partial charge in [-0.2, -0.15) is 0 Å². The highest BCUT2D eigenvalue weighted by Crippen LogP contribution is 2.29. The zero-order valence-corrected chi connectivity index (χ0v) is 14.5. The summed E-state index contributed by atoms with van der Waals surface area (Å²) in [7, 11) is 1.62. The number of carboxylic acids is 1. The molecule has 1 aromatic carbocycles. The van der Waals surface area contributed by atoms with Gasteiger partial charge in [0.2, 0.25) is 5.91 Å². The Morgan fingerprint density at radius 3 is 2.52 bits per heavy atom. The number of nitrogens with zero attached hydrogens (tertiary/aromatic N) is 1. The first-order valence-corrected chi connectivity index (χ1v) is 8.61. The molecule has 23 heavy (non-hydrogen) atoms. The number of amides is 1. The summed E-state index contributed by atoms with van der Waals surface area (Å²) in [6, 6.07) is 7.57. The summed E-state index contributed by atoms with van der Waals surface area (Å²) in [5.41, 5.74) is 0. The summed E-state index contributed by atoms with van der Waals surface area (Å²) in [5.74, 6) is -0.274. The maximum Gasteiger partial charge on any atom is 0.308 e. The molecular formula is C17H23NO4S. The number of rotatable bonds is 5. The molecule has 6 heteroatoms. The number of aliphatic carboxylic acids is 1. The lowest BCUT2D eigenvalue weighted by Gasteiger charge is -2.36. The predicted molar refractivity (Wildman–Crippen MR) is 89.8 cm³/mol. The first-order chi connectivity index (χ1) is 10.9. The van der Waals surface area contributed by atoms with Gasteiger partial charge in [0.05, 0.1) is 18.3 Å². The summed E-state index contributed by atoms with van der Waals surface area (Å²) < 4.78 is 5.12. The van der Waals surface area contributed by atoms with Gasteiger partial charge in [0, 0.05) is 18.0 Å². The summed E-state index contributed by atoms with van der Waals surface area (Å²) in [6.07, 6.45) is 0.638. The van der Waals surface area contributed by atoms with E-state index in [-0.39, 0.29) is 17.1 Å². The molecule has 1 aromatic rings. The van der Waals surface area contributed by atoms with E-state index in [0.717, 1.165) is 10.6 Å². The van der Waals surface area contributed by atoms with Crippen molar-refractivity contribution in [2.45, 2.75) is 30.4 Å². The quantitative estimate of drug-likeness (QED) is 0.837. The third kappa shape index (κ3) is 4.64. The monoisotopic (exact) mass is 337 g/mol. The van der Waals surface area contributed by atoms with Crippen LogP contribution in [0.5, 0.6) is 5.75 Å². The molecule has 1 amide bonds. The van der Waals surface area contributed by atoms with Crippen molar-refractivity contribution in [3.05, 3.63) is 24.3 Å². The highest BCUT2D eigenvalue weighted by atomic mass is 32.2. The molecule has 0 saturated carbocycles. The van der Waals surface area contributed by atoms with E-state index in [0.29, 0.717) is 19.5 Å². The number of carboxylic acid groups (broad SMARTS) is 1. The fourth-order valence-corrected chi connectivity index (χ4v) is 3.83. The minimum absolute atomic E-state index is 0.00335. The molecule has 126 valence electrons. The van der Waals surface area contributed by atoms with Crippen LogP contribution in [0.2, 0.25) is 0 Å². The first-order valence-electron chi connectivity index (χ1n) is 7.73. The Bertz CT molecular complexity index is 560. The predicted octanol–water partition coefficient (Wildman–Crippen LogP) is 2.75. The van der Waals surface area contributed by atoms with E-state index >= 15 is 0 Å². The number of hydrogen-bond donors (Lipinski definition) is 1. The van der Waals surface area contributed by atoms with Crippen LogP contribution in [-0.4, -0.2) is 47.3 Å². The van der Waals surface area contributed by atoms with E-state index in [1.807, 2.05) is 38.1 Å². The lowest BCUT2D eigenvalue weighted by atomic mass is 9.90. The lowest BCUT2D eigenvalue weighted by molar-refractivity contribution is -0.146. The van der Waals surface area contributed by atoms with Gasteiger partial charge < -0.3 is 14.7 Å². The second-order valence-corrected chi connectivity index (χ2v) is 7.47. The zero-order valence-electron chi connectivity index (χ0n) is 13.7. The number of likely N-dealkylation sites (tertiary alicyclic amines) is 1. The molecule has 1 aliphatic heterocycles. The Morgan fingerprint density at radius 2 is 1.96 bits per heavy atom. The van der Waals surface area contributed by atoms with Gasteiger partial charge >= 0.3 is 5.97 Å². The molecule has 2 rings (SSSR count). The topological polar surface area (TPSA) is 66.8 Å². The fraction of sp³-hybridized carbons (Fsp3) is 0.529. The number of benzene rings is 1. The smallest absolute Gasteiger partial charge is 0.308 e. The normalized spacial score (nSPS) is 22.5. The first kappa shape index (κ1) is 17.7. The fourth-order valence-electron chi connectivity index (χ4n) is 2.88. The van der Waals surface area contributed by atoms with E-state index < -0.39 is 11.9 Å². The summed E-state index contributed by atoms with van der Waals surface area (Å²) >= 11 is 1.48. The molecule has 0 bridgehead atoms. The number of thioether (sulfide) groups is 1. The van der Waals surface area contributed by atoms with E-state index in [1.54, 1.807) is 12.0 Å². The standard InChI is InChI=1S/C17H23NO4S/c1-11-8-13(17(20)21)10-18(9-11)16(19)12(2)23-15-6-4-14(22-3)5-7-15/h4-7,11-13H,8-10H2,1-3H3,(H,20,21). The Labute approximate surface area is 141 Å². The van der Waals surface area contributed by atoms with Crippen LogP contribution in [0.25, 0.3) is 0 Å². The van der Waals surface area contributed by atoms with Gasteiger partial charge in [0.15, 0.2) is 0 Å². The molecule has 0 radical (unpaired) electrons. The second kappa shape index (κ2) is 7.73. The highest BCUT2D eigenvalue weighted by Gasteiger charge is 2.33. The molecule has 3 atom stereocenters. The zero-order chi connectivity index (χ0) is 17.0. The van der Waals surface area contributed by atoms with E-state index in [1.165, 1.54) is 11.8 Å². The average Bonchev–Trinajstić information content (AvgIpc) is 2.54.